The van der Waals surface area contributed by atoms with E-state index in [0.29, 0.717) is 12.3 Å². The van der Waals surface area contributed by atoms with Crippen LogP contribution in [-0.4, -0.2) is 36.2 Å². The maximum atomic E-state index is 12.8. The Morgan fingerprint density at radius 3 is 2.28 bits per heavy atom. The molecule has 1 saturated heterocycles. The molecule has 6 heteroatoms. The second-order valence-corrected chi connectivity index (χ2v) is 10.3. The van der Waals surface area contributed by atoms with Gasteiger partial charge in [0.05, 0.1) is 0 Å². The van der Waals surface area contributed by atoms with Crippen LogP contribution in [0.2, 0.25) is 0 Å². The molecule has 0 bridgehead atoms. The zero-order valence-electron chi connectivity index (χ0n) is 18.1. The number of hydrogen-bond donors (Lipinski definition) is 0. The van der Waals surface area contributed by atoms with Crippen molar-refractivity contribution >= 4 is 17.9 Å². The summed E-state index contributed by atoms with van der Waals surface area (Å²) in [7, 11) is 0. The van der Waals surface area contributed by atoms with Gasteiger partial charge in [0, 0.05) is 37.5 Å². The SMILES string of the molecule is CC(=O)O[C@H]1CC[C@@]2(C)[C@@H](CC(=O)O[C@@H]3[C@@H]2CC[C@]2(C)[C@@H](OC(C)=O)CC[C@@H]32)C1. The van der Waals surface area contributed by atoms with Crippen molar-refractivity contribution in [1.29, 1.82) is 0 Å². The average molecular weight is 407 g/mol. The van der Waals surface area contributed by atoms with Gasteiger partial charge in [0.2, 0.25) is 0 Å². The van der Waals surface area contributed by atoms with Gasteiger partial charge >= 0.3 is 17.9 Å². The molecule has 0 aromatic carbocycles. The monoisotopic (exact) mass is 406 g/mol. The molecule has 162 valence electrons. The summed E-state index contributed by atoms with van der Waals surface area (Å²) in [4.78, 5) is 35.8. The van der Waals surface area contributed by atoms with Crippen molar-refractivity contribution < 1.29 is 28.6 Å². The Hall–Kier alpha value is -1.59. The minimum absolute atomic E-state index is 0.00826. The smallest absolute Gasteiger partial charge is 0.306 e. The molecule has 0 unspecified atom stereocenters. The van der Waals surface area contributed by atoms with Crippen molar-refractivity contribution in [2.45, 2.75) is 97.4 Å². The summed E-state index contributed by atoms with van der Waals surface area (Å²) in [5.41, 5.74) is -0.118. The first-order valence-electron chi connectivity index (χ1n) is 11.2. The van der Waals surface area contributed by atoms with Gasteiger partial charge in [-0.1, -0.05) is 13.8 Å². The lowest BCUT2D eigenvalue weighted by Gasteiger charge is -2.54. The Bertz CT molecular complexity index is 703. The highest BCUT2D eigenvalue weighted by Gasteiger charge is 2.62. The van der Waals surface area contributed by atoms with Crippen LogP contribution < -0.4 is 0 Å². The van der Waals surface area contributed by atoms with Gasteiger partial charge in [0.25, 0.3) is 0 Å². The van der Waals surface area contributed by atoms with Gasteiger partial charge < -0.3 is 14.2 Å². The second kappa shape index (κ2) is 7.28. The van der Waals surface area contributed by atoms with Crippen LogP contribution in [0, 0.1) is 28.6 Å². The maximum absolute atomic E-state index is 12.8. The molecule has 4 rings (SSSR count). The van der Waals surface area contributed by atoms with Gasteiger partial charge in [0.1, 0.15) is 18.3 Å². The number of fused-ring (bicyclic) bond motifs is 5. The molecule has 3 aliphatic carbocycles. The Balaban J connectivity index is 1.59. The number of ether oxygens (including phenoxy) is 3. The summed E-state index contributed by atoms with van der Waals surface area (Å²) in [5.74, 6) is 0.120. The van der Waals surface area contributed by atoms with Crippen LogP contribution in [0.25, 0.3) is 0 Å². The van der Waals surface area contributed by atoms with E-state index in [-0.39, 0.29) is 58.9 Å². The molecule has 6 nitrogen and oxygen atoms in total. The van der Waals surface area contributed by atoms with Crippen LogP contribution >= 0.6 is 0 Å². The zero-order valence-corrected chi connectivity index (χ0v) is 18.1. The number of rotatable bonds is 2. The van der Waals surface area contributed by atoms with Gasteiger partial charge in [-0.05, 0) is 56.3 Å². The molecule has 4 fully saturated rings. The quantitative estimate of drug-likeness (QED) is 0.513. The normalized spacial score (nSPS) is 46.4. The topological polar surface area (TPSA) is 78.9 Å². The molecular weight excluding hydrogens is 372 g/mol. The van der Waals surface area contributed by atoms with E-state index in [0.717, 1.165) is 44.9 Å². The molecule has 1 aliphatic heterocycles. The second-order valence-electron chi connectivity index (χ2n) is 10.3. The van der Waals surface area contributed by atoms with Crippen molar-refractivity contribution in [1.82, 2.24) is 0 Å². The summed E-state index contributed by atoms with van der Waals surface area (Å²) >= 11 is 0. The van der Waals surface area contributed by atoms with Crippen molar-refractivity contribution in [2.75, 3.05) is 0 Å². The predicted molar refractivity (Wildman–Crippen MR) is 105 cm³/mol. The molecule has 1 heterocycles. The lowest BCUT2D eigenvalue weighted by Crippen LogP contribution is -2.54. The first kappa shape index (κ1) is 20.7. The van der Waals surface area contributed by atoms with Gasteiger partial charge in [0.15, 0.2) is 0 Å². The first-order valence-corrected chi connectivity index (χ1v) is 11.2. The van der Waals surface area contributed by atoms with Gasteiger partial charge in [-0.2, -0.15) is 0 Å². The molecule has 4 aliphatic rings. The van der Waals surface area contributed by atoms with E-state index in [1.807, 2.05) is 0 Å². The standard InChI is InChI=1S/C23H34O6/c1-13(24)27-16-7-9-22(3)15(11-16)12-20(26)29-21-17-5-6-19(28-14(2)25)23(17,4)10-8-18(21)22/h15-19,21H,5-12H2,1-4H3/t15-,16+,17+,18+,19+,21+,22+,23+/m1/s1. The fourth-order valence-electron chi connectivity index (χ4n) is 7.22. The summed E-state index contributed by atoms with van der Waals surface area (Å²) in [5, 5.41) is 0. The van der Waals surface area contributed by atoms with Gasteiger partial charge in [-0.15, -0.1) is 0 Å². The number of carbonyl (C=O) groups is 3. The average Bonchev–Trinajstić information content (AvgIpc) is 2.88. The van der Waals surface area contributed by atoms with E-state index in [1.165, 1.54) is 13.8 Å². The van der Waals surface area contributed by atoms with Crippen molar-refractivity contribution in [3.05, 3.63) is 0 Å². The third-order valence-electron chi connectivity index (χ3n) is 8.76. The van der Waals surface area contributed by atoms with E-state index >= 15 is 0 Å². The number of esters is 3. The third-order valence-corrected chi connectivity index (χ3v) is 8.76. The summed E-state index contributed by atoms with van der Waals surface area (Å²) in [6.07, 6.45) is 6.40. The van der Waals surface area contributed by atoms with E-state index in [2.05, 4.69) is 13.8 Å². The summed E-state index contributed by atoms with van der Waals surface area (Å²) in [6, 6.07) is 0. The number of carbonyl (C=O) groups excluding carboxylic acids is 3. The molecule has 0 aromatic heterocycles. The van der Waals surface area contributed by atoms with Crippen molar-refractivity contribution in [3.63, 3.8) is 0 Å². The van der Waals surface area contributed by atoms with Crippen molar-refractivity contribution in [3.8, 4) is 0 Å². The minimum Gasteiger partial charge on any atom is -0.463 e. The minimum atomic E-state index is -0.247. The van der Waals surface area contributed by atoms with Crippen LogP contribution in [0.3, 0.4) is 0 Å². The lowest BCUT2D eigenvalue weighted by atomic mass is 9.52. The third kappa shape index (κ3) is 3.46. The number of hydrogen-bond acceptors (Lipinski definition) is 6. The van der Waals surface area contributed by atoms with Gasteiger partial charge in [-0.25, -0.2) is 0 Å². The molecule has 0 radical (unpaired) electrons. The lowest BCUT2D eigenvalue weighted by molar-refractivity contribution is -0.175. The fraction of sp³-hybridized carbons (Fsp3) is 0.870. The Labute approximate surface area is 173 Å². The van der Waals surface area contributed by atoms with Crippen LogP contribution in [0.5, 0.6) is 0 Å². The predicted octanol–water partition coefficient (Wildman–Crippen LogP) is 3.80. The molecule has 8 atom stereocenters. The van der Waals surface area contributed by atoms with Crippen LogP contribution in [0.4, 0.5) is 0 Å². The van der Waals surface area contributed by atoms with E-state index in [9.17, 15) is 14.4 Å². The Morgan fingerprint density at radius 2 is 1.59 bits per heavy atom. The molecule has 0 amide bonds. The van der Waals surface area contributed by atoms with E-state index in [1.54, 1.807) is 0 Å². The van der Waals surface area contributed by atoms with Crippen LogP contribution in [0.1, 0.15) is 79.1 Å². The van der Waals surface area contributed by atoms with Crippen molar-refractivity contribution in [2.24, 2.45) is 28.6 Å². The van der Waals surface area contributed by atoms with Crippen LogP contribution in [0.15, 0.2) is 0 Å². The summed E-state index contributed by atoms with van der Waals surface area (Å²) < 4.78 is 17.3. The highest BCUT2D eigenvalue weighted by Crippen LogP contribution is 2.62. The first-order chi connectivity index (χ1) is 13.6. The highest BCUT2D eigenvalue weighted by molar-refractivity contribution is 5.71. The van der Waals surface area contributed by atoms with E-state index < -0.39 is 0 Å². The van der Waals surface area contributed by atoms with Crippen LogP contribution in [-0.2, 0) is 28.6 Å². The van der Waals surface area contributed by atoms with E-state index in [4.69, 9.17) is 14.2 Å². The van der Waals surface area contributed by atoms with Gasteiger partial charge in [-0.3, -0.25) is 14.4 Å². The fourth-order valence-corrected chi connectivity index (χ4v) is 7.22. The highest BCUT2D eigenvalue weighted by atomic mass is 16.6. The molecule has 3 saturated carbocycles. The Morgan fingerprint density at radius 1 is 0.931 bits per heavy atom. The summed E-state index contributed by atoms with van der Waals surface area (Å²) in [6.45, 7) is 7.46. The molecule has 0 aromatic rings. The molecular formula is C23H34O6. The molecule has 29 heavy (non-hydrogen) atoms. The molecule has 0 N–H and O–H groups in total. The Kier molecular flexibility index (Phi) is 5.19. The maximum Gasteiger partial charge on any atom is 0.306 e. The zero-order chi connectivity index (χ0) is 21.0. The largest absolute Gasteiger partial charge is 0.463 e. The molecule has 0 spiro atoms.